The van der Waals surface area contributed by atoms with Crippen LogP contribution < -0.4 is 4.72 Å². The predicted molar refractivity (Wildman–Crippen MR) is 122 cm³/mol. The van der Waals surface area contributed by atoms with E-state index in [1.54, 1.807) is 11.0 Å². The first-order valence-corrected chi connectivity index (χ1v) is 11.9. The standard InChI is InChI=1S/C21H32Cl2N2O4S/c1-20(2,3)29-19(27)25-9-7-13(8-10-25)18(24-30(28)21(4,5)6)14-11-15(22)16(23)12-17(14)26/h11-13,18,24,26H,7-10H2,1-6H3. The molecule has 0 radical (unpaired) electrons. The Hall–Kier alpha value is -1.02. The number of carbonyl (C=O) groups excluding carboxylic acids is 1. The van der Waals surface area contributed by atoms with Crippen molar-refractivity contribution in [3.05, 3.63) is 27.7 Å². The van der Waals surface area contributed by atoms with Crippen molar-refractivity contribution in [2.75, 3.05) is 13.1 Å². The van der Waals surface area contributed by atoms with Crippen LogP contribution in [0, 0.1) is 5.92 Å². The number of hydrogen-bond acceptors (Lipinski definition) is 4. The van der Waals surface area contributed by atoms with Crippen molar-refractivity contribution < 1.29 is 18.8 Å². The Balaban J connectivity index is 2.24. The van der Waals surface area contributed by atoms with E-state index in [9.17, 15) is 14.1 Å². The summed E-state index contributed by atoms with van der Waals surface area (Å²) >= 11 is 12.2. The Morgan fingerprint density at radius 3 is 2.20 bits per heavy atom. The number of carbonyl (C=O) groups is 1. The van der Waals surface area contributed by atoms with Gasteiger partial charge in [0.15, 0.2) is 0 Å². The van der Waals surface area contributed by atoms with Crippen LogP contribution in [0.3, 0.4) is 0 Å². The maximum absolute atomic E-state index is 12.9. The summed E-state index contributed by atoms with van der Waals surface area (Å²) in [6, 6.07) is 2.63. The van der Waals surface area contributed by atoms with Gasteiger partial charge in [-0.25, -0.2) is 13.7 Å². The van der Waals surface area contributed by atoms with Gasteiger partial charge < -0.3 is 14.7 Å². The molecular formula is C21H32Cl2N2O4S. The maximum atomic E-state index is 12.9. The van der Waals surface area contributed by atoms with Crippen molar-refractivity contribution in [1.82, 2.24) is 9.62 Å². The molecule has 9 heteroatoms. The second-order valence-electron chi connectivity index (χ2n) is 9.61. The van der Waals surface area contributed by atoms with Gasteiger partial charge in [0.05, 0.1) is 31.8 Å². The Morgan fingerprint density at radius 2 is 1.70 bits per heavy atom. The van der Waals surface area contributed by atoms with E-state index in [1.807, 2.05) is 41.5 Å². The molecule has 0 aliphatic carbocycles. The van der Waals surface area contributed by atoms with Crippen LogP contribution in [0.1, 0.15) is 66.0 Å². The molecule has 6 nitrogen and oxygen atoms in total. The van der Waals surface area contributed by atoms with E-state index in [1.165, 1.54) is 6.07 Å². The van der Waals surface area contributed by atoms with Gasteiger partial charge in [0.1, 0.15) is 11.4 Å². The van der Waals surface area contributed by atoms with Crippen LogP contribution in [0.2, 0.25) is 10.0 Å². The molecule has 1 aliphatic rings. The first-order valence-electron chi connectivity index (χ1n) is 10.0. The zero-order valence-corrected chi connectivity index (χ0v) is 20.7. The number of ether oxygens (including phenoxy) is 1. The number of aromatic hydroxyl groups is 1. The largest absolute Gasteiger partial charge is 0.508 e. The zero-order valence-electron chi connectivity index (χ0n) is 18.4. The molecule has 2 N–H and O–H groups in total. The van der Waals surface area contributed by atoms with Crippen LogP contribution in [0.5, 0.6) is 5.75 Å². The van der Waals surface area contributed by atoms with Crippen molar-refractivity contribution >= 4 is 40.3 Å². The van der Waals surface area contributed by atoms with E-state index in [2.05, 4.69) is 4.72 Å². The number of nitrogens with zero attached hydrogens (tertiary/aromatic N) is 1. The summed E-state index contributed by atoms with van der Waals surface area (Å²) in [5.74, 6) is 0.0421. The van der Waals surface area contributed by atoms with Crippen LogP contribution >= 0.6 is 23.2 Å². The molecule has 0 saturated carbocycles. The molecule has 1 heterocycles. The number of amides is 1. The maximum Gasteiger partial charge on any atom is 0.410 e. The minimum absolute atomic E-state index is 0.00220. The smallest absolute Gasteiger partial charge is 0.410 e. The van der Waals surface area contributed by atoms with Crippen LogP contribution in [-0.4, -0.2) is 43.7 Å². The lowest BCUT2D eigenvalue weighted by Gasteiger charge is -2.38. The molecule has 0 bridgehead atoms. The Labute approximate surface area is 191 Å². The predicted octanol–water partition coefficient (Wildman–Crippen LogP) is 5.44. The molecule has 1 fully saturated rings. The summed E-state index contributed by atoms with van der Waals surface area (Å²) in [5.41, 5.74) is 0.00530. The van der Waals surface area contributed by atoms with Crippen molar-refractivity contribution in [3.63, 3.8) is 0 Å². The highest BCUT2D eigenvalue weighted by Crippen LogP contribution is 2.40. The van der Waals surface area contributed by atoms with Gasteiger partial charge in [-0.1, -0.05) is 23.2 Å². The van der Waals surface area contributed by atoms with Gasteiger partial charge in [0.2, 0.25) is 0 Å². The summed E-state index contributed by atoms with van der Waals surface area (Å²) in [6.07, 6.45) is 0.997. The summed E-state index contributed by atoms with van der Waals surface area (Å²) in [4.78, 5) is 14.1. The summed E-state index contributed by atoms with van der Waals surface area (Å²) in [7, 11) is -1.36. The van der Waals surface area contributed by atoms with E-state index < -0.39 is 27.4 Å². The third-order valence-corrected chi connectivity index (χ3v) is 7.16. The first kappa shape index (κ1) is 25.2. The third-order valence-electron chi connectivity index (χ3n) is 4.86. The van der Waals surface area contributed by atoms with Crippen molar-refractivity contribution in [3.8, 4) is 5.75 Å². The summed E-state index contributed by atoms with van der Waals surface area (Å²) in [6.45, 7) is 12.2. The van der Waals surface area contributed by atoms with Gasteiger partial charge in [0, 0.05) is 24.7 Å². The van der Waals surface area contributed by atoms with E-state index in [0.29, 0.717) is 36.5 Å². The molecular weight excluding hydrogens is 447 g/mol. The minimum Gasteiger partial charge on any atom is -0.508 e. The summed E-state index contributed by atoms with van der Waals surface area (Å²) < 4.78 is 21.0. The number of hydrogen-bond donors (Lipinski definition) is 2. The van der Waals surface area contributed by atoms with E-state index >= 15 is 0 Å². The Morgan fingerprint density at radius 1 is 1.17 bits per heavy atom. The van der Waals surface area contributed by atoms with Crippen LogP contribution in [-0.2, 0) is 15.7 Å². The number of phenols is 1. The van der Waals surface area contributed by atoms with Gasteiger partial charge in [0.25, 0.3) is 0 Å². The number of likely N-dealkylation sites (tertiary alicyclic amines) is 1. The van der Waals surface area contributed by atoms with E-state index in [-0.39, 0.29) is 22.8 Å². The molecule has 2 rings (SSSR count). The summed E-state index contributed by atoms with van der Waals surface area (Å²) in [5, 5.41) is 11.1. The van der Waals surface area contributed by atoms with Crippen LogP contribution in [0.15, 0.2) is 12.1 Å². The average molecular weight is 479 g/mol. The lowest BCUT2D eigenvalue weighted by molar-refractivity contribution is 0.0171. The van der Waals surface area contributed by atoms with Gasteiger partial charge in [-0.2, -0.15) is 0 Å². The molecule has 2 atom stereocenters. The topological polar surface area (TPSA) is 78.9 Å². The molecule has 1 aromatic carbocycles. The van der Waals surface area contributed by atoms with E-state index in [4.69, 9.17) is 27.9 Å². The van der Waals surface area contributed by atoms with Crippen molar-refractivity contribution in [2.24, 2.45) is 5.92 Å². The number of rotatable bonds is 4. The monoisotopic (exact) mass is 478 g/mol. The molecule has 1 aliphatic heterocycles. The van der Waals surface area contributed by atoms with E-state index in [0.717, 1.165) is 0 Å². The number of piperidine rings is 1. The lowest BCUT2D eigenvalue weighted by Crippen LogP contribution is -2.45. The highest BCUT2D eigenvalue weighted by Gasteiger charge is 2.35. The molecule has 2 unspecified atom stereocenters. The fourth-order valence-corrected chi connectivity index (χ4v) is 4.48. The van der Waals surface area contributed by atoms with Crippen LogP contribution in [0.4, 0.5) is 4.79 Å². The Bertz CT molecular complexity index is 797. The quantitative estimate of drug-likeness (QED) is 0.603. The highest BCUT2D eigenvalue weighted by molar-refractivity contribution is 7.84. The number of nitrogens with one attached hydrogen (secondary N) is 1. The second-order valence-corrected chi connectivity index (χ2v) is 12.4. The fourth-order valence-electron chi connectivity index (χ4n) is 3.25. The molecule has 1 saturated heterocycles. The molecule has 0 aromatic heterocycles. The number of phenolic OH excluding ortho intramolecular Hbond substituents is 1. The van der Waals surface area contributed by atoms with Gasteiger partial charge >= 0.3 is 6.09 Å². The zero-order chi connectivity index (χ0) is 22.9. The SMILES string of the molecule is CC(C)(C)OC(=O)N1CCC(C(NS(=O)C(C)(C)C)c2cc(Cl)c(Cl)cc2O)CC1. The Kier molecular flexibility index (Phi) is 8.11. The minimum atomic E-state index is -1.36. The number of halogens is 2. The van der Waals surface area contributed by atoms with Crippen molar-refractivity contribution in [2.45, 2.75) is 70.8 Å². The molecule has 170 valence electrons. The molecule has 30 heavy (non-hydrogen) atoms. The van der Waals surface area contributed by atoms with Crippen molar-refractivity contribution in [1.29, 1.82) is 0 Å². The molecule has 1 aromatic rings. The lowest BCUT2D eigenvalue weighted by atomic mass is 9.85. The second kappa shape index (κ2) is 9.63. The van der Waals surface area contributed by atoms with Gasteiger partial charge in [-0.15, -0.1) is 0 Å². The third kappa shape index (κ3) is 6.74. The average Bonchev–Trinajstić information content (AvgIpc) is 2.61. The van der Waals surface area contributed by atoms with Crippen LogP contribution in [0.25, 0.3) is 0 Å². The molecule has 0 spiro atoms. The van der Waals surface area contributed by atoms with Gasteiger partial charge in [-0.05, 0) is 66.4 Å². The number of benzene rings is 1. The first-order chi connectivity index (χ1) is 13.7. The molecule has 1 amide bonds. The normalized spacial score (nSPS) is 18.2. The highest BCUT2D eigenvalue weighted by atomic mass is 35.5. The van der Waals surface area contributed by atoms with Gasteiger partial charge in [-0.3, -0.25) is 0 Å². The fraction of sp³-hybridized carbons (Fsp3) is 0.667.